The van der Waals surface area contributed by atoms with Crippen LogP contribution in [0.5, 0.6) is 0 Å². The molecule has 134 valence electrons. The number of fused-ring (bicyclic) bond motifs is 1. The number of nitrogens with zero attached hydrogens (tertiary/aromatic N) is 1. The van der Waals surface area contributed by atoms with E-state index in [4.69, 9.17) is 0 Å². The Morgan fingerprint density at radius 1 is 1.20 bits per heavy atom. The molecule has 0 aromatic heterocycles. The second kappa shape index (κ2) is 6.90. The number of hydrogen-bond donors (Lipinski definition) is 1. The lowest BCUT2D eigenvalue weighted by Gasteiger charge is -2.19. The van der Waals surface area contributed by atoms with E-state index in [9.17, 15) is 23.2 Å². The van der Waals surface area contributed by atoms with Crippen molar-refractivity contribution in [3.05, 3.63) is 35.4 Å². The zero-order valence-electron chi connectivity index (χ0n) is 13.9. The predicted octanol–water partition coefficient (Wildman–Crippen LogP) is 2.32. The maximum absolute atomic E-state index is 13.8. The minimum Gasteiger partial charge on any atom is -0.348 e. The van der Waals surface area contributed by atoms with Gasteiger partial charge in [0.05, 0.1) is 17.9 Å². The molecular formula is C18H20F2N2O3. The van der Waals surface area contributed by atoms with Gasteiger partial charge in [-0.1, -0.05) is 18.9 Å². The van der Waals surface area contributed by atoms with Gasteiger partial charge in [-0.25, -0.2) is 8.78 Å². The van der Waals surface area contributed by atoms with Crippen molar-refractivity contribution in [3.63, 3.8) is 0 Å². The van der Waals surface area contributed by atoms with Crippen LogP contribution in [-0.4, -0.2) is 29.2 Å². The van der Waals surface area contributed by atoms with Gasteiger partial charge in [0.1, 0.15) is 18.2 Å². The van der Waals surface area contributed by atoms with E-state index in [0.717, 1.165) is 29.9 Å². The Balaban J connectivity index is 1.64. The number of nitrogens with one attached hydrogen (secondary N) is 1. The van der Waals surface area contributed by atoms with Gasteiger partial charge in [-0.15, -0.1) is 0 Å². The molecule has 1 aliphatic heterocycles. The van der Waals surface area contributed by atoms with Crippen LogP contribution in [0.1, 0.15) is 44.2 Å². The van der Waals surface area contributed by atoms with Crippen LogP contribution in [0.4, 0.5) is 8.78 Å². The molecular weight excluding hydrogens is 330 g/mol. The largest absolute Gasteiger partial charge is 0.348 e. The van der Waals surface area contributed by atoms with Gasteiger partial charge in [-0.05, 0) is 25.8 Å². The second-order valence-electron chi connectivity index (χ2n) is 6.72. The van der Waals surface area contributed by atoms with Crippen LogP contribution < -0.4 is 5.32 Å². The fourth-order valence-electron chi connectivity index (χ4n) is 3.75. The van der Waals surface area contributed by atoms with E-state index in [0.29, 0.717) is 12.8 Å². The van der Waals surface area contributed by atoms with Gasteiger partial charge < -0.3 is 5.32 Å². The van der Waals surface area contributed by atoms with E-state index in [1.165, 1.54) is 6.07 Å². The first kappa shape index (κ1) is 17.5. The zero-order valence-corrected chi connectivity index (χ0v) is 13.9. The third kappa shape index (κ3) is 3.41. The first-order valence-electron chi connectivity index (χ1n) is 8.48. The lowest BCUT2D eigenvalue weighted by Crippen LogP contribution is -2.41. The summed E-state index contributed by atoms with van der Waals surface area (Å²) in [6.07, 6.45) is 3.21. The lowest BCUT2D eigenvalue weighted by atomic mass is 9.81. The number of imide groups is 1. The third-order valence-corrected chi connectivity index (χ3v) is 5.04. The molecule has 7 heteroatoms. The van der Waals surface area contributed by atoms with Crippen molar-refractivity contribution >= 4 is 17.7 Å². The number of benzene rings is 1. The molecule has 0 bridgehead atoms. The van der Waals surface area contributed by atoms with Crippen molar-refractivity contribution in [3.8, 4) is 0 Å². The van der Waals surface area contributed by atoms with Crippen molar-refractivity contribution in [2.75, 3.05) is 6.54 Å². The first-order valence-corrected chi connectivity index (χ1v) is 8.48. The van der Waals surface area contributed by atoms with Crippen molar-refractivity contribution in [1.82, 2.24) is 10.2 Å². The number of likely N-dealkylation sites (tertiary alicyclic amines) is 1. The number of hydrogen-bond acceptors (Lipinski definition) is 3. The molecule has 1 aliphatic carbocycles. The first-order chi connectivity index (χ1) is 11.9. The Bertz CT molecular complexity index is 698. The number of halogens is 2. The number of rotatable bonds is 4. The lowest BCUT2D eigenvalue weighted by molar-refractivity contribution is -0.143. The smallest absolute Gasteiger partial charge is 0.240 e. The van der Waals surface area contributed by atoms with E-state index in [1.807, 2.05) is 0 Å². The summed E-state index contributed by atoms with van der Waals surface area (Å²) in [5.74, 6) is -3.18. The van der Waals surface area contributed by atoms with E-state index < -0.39 is 23.6 Å². The summed E-state index contributed by atoms with van der Waals surface area (Å²) in [6, 6.07) is 2.41. The van der Waals surface area contributed by atoms with Crippen molar-refractivity contribution < 1.29 is 23.2 Å². The summed E-state index contributed by atoms with van der Waals surface area (Å²) in [5, 5.41) is 2.56. The van der Waals surface area contributed by atoms with E-state index in [-0.39, 0.29) is 35.8 Å². The molecule has 1 N–H and O–H groups in total. The highest BCUT2D eigenvalue weighted by atomic mass is 19.1. The zero-order chi connectivity index (χ0) is 18.1. The van der Waals surface area contributed by atoms with Crippen LogP contribution in [0, 0.1) is 23.5 Å². The average Bonchev–Trinajstić information content (AvgIpc) is 2.80. The quantitative estimate of drug-likeness (QED) is 0.848. The van der Waals surface area contributed by atoms with Gasteiger partial charge in [-0.2, -0.15) is 0 Å². The maximum Gasteiger partial charge on any atom is 0.240 e. The summed E-state index contributed by atoms with van der Waals surface area (Å²) >= 11 is 0. The normalized spacial score (nSPS) is 24.2. The highest BCUT2D eigenvalue weighted by molar-refractivity contribution is 6.07. The van der Waals surface area contributed by atoms with Gasteiger partial charge >= 0.3 is 0 Å². The van der Waals surface area contributed by atoms with Crippen LogP contribution in [0.3, 0.4) is 0 Å². The molecule has 3 rings (SSSR count). The highest BCUT2D eigenvalue weighted by Gasteiger charge is 2.48. The molecule has 0 radical (unpaired) electrons. The molecule has 3 atom stereocenters. The van der Waals surface area contributed by atoms with E-state index in [1.54, 1.807) is 6.92 Å². The van der Waals surface area contributed by atoms with Crippen LogP contribution in [0.2, 0.25) is 0 Å². The average molecular weight is 350 g/mol. The minimum atomic E-state index is -0.757. The van der Waals surface area contributed by atoms with Crippen LogP contribution in [-0.2, 0) is 14.4 Å². The SMILES string of the molecule is C[C@@H](NC(=O)CN1C(=O)[C@H]2CCCC[C@H]2C1=O)c1ccc(F)cc1F. The second-order valence-corrected chi connectivity index (χ2v) is 6.72. The summed E-state index contributed by atoms with van der Waals surface area (Å²) in [5.41, 5.74) is 0.141. The summed E-state index contributed by atoms with van der Waals surface area (Å²) in [6.45, 7) is 1.19. The molecule has 0 unspecified atom stereocenters. The van der Waals surface area contributed by atoms with Gasteiger partial charge in [-0.3, -0.25) is 19.3 Å². The molecule has 1 saturated heterocycles. The third-order valence-electron chi connectivity index (χ3n) is 5.04. The van der Waals surface area contributed by atoms with Gasteiger partial charge in [0.15, 0.2) is 0 Å². The molecule has 1 aromatic rings. The number of carbonyl (C=O) groups is 3. The summed E-state index contributed by atoms with van der Waals surface area (Å²) in [7, 11) is 0. The molecule has 1 aromatic carbocycles. The molecule has 1 saturated carbocycles. The highest BCUT2D eigenvalue weighted by Crippen LogP contribution is 2.37. The molecule has 2 fully saturated rings. The number of amides is 3. The molecule has 3 amide bonds. The standard InChI is InChI=1S/C18H20F2N2O3/c1-10(12-7-6-11(19)8-15(12)20)21-16(23)9-22-17(24)13-4-2-3-5-14(13)18(22)25/h6-8,10,13-14H,2-5,9H2,1H3,(H,21,23)/t10-,13-,14+/m1/s1. The van der Waals surface area contributed by atoms with Crippen molar-refractivity contribution in [2.45, 2.75) is 38.6 Å². The van der Waals surface area contributed by atoms with E-state index in [2.05, 4.69) is 5.32 Å². The summed E-state index contributed by atoms with van der Waals surface area (Å²) < 4.78 is 26.7. The Kier molecular flexibility index (Phi) is 4.83. The molecule has 0 spiro atoms. The van der Waals surface area contributed by atoms with Crippen LogP contribution in [0.15, 0.2) is 18.2 Å². The molecule has 2 aliphatic rings. The summed E-state index contributed by atoms with van der Waals surface area (Å²) in [4.78, 5) is 37.9. The maximum atomic E-state index is 13.8. The van der Waals surface area contributed by atoms with Crippen molar-refractivity contribution in [1.29, 1.82) is 0 Å². The molecule has 5 nitrogen and oxygen atoms in total. The minimum absolute atomic E-state index is 0.141. The van der Waals surface area contributed by atoms with Crippen LogP contribution >= 0.6 is 0 Å². The topological polar surface area (TPSA) is 66.5 Å². The monoisotopic (exact) mass is 350 g/mol. The molecule has 1 heterocycles. The predicted molar refractivity (Wildman–Crippen MR) is 85.1 cm³/mol. The van der Waals surface area contributed by atoms with Crippen LogP contribution in [0.25, 0.3) is 0 Å². The fourth-order valence-corrected chi connectivity index (χ4v) is 3.75. The van der Waals surface area contributed by atoms with Gasteiger partial charge in [0.25, 0.3) is 0 Å². The molecule has 25 heavy (non-hydrogen) atoms. The Hall–Kier alpha value is -2.31. The van der Waals surface area contributed by atoms with Crippen molar-refractivity contribution in [2.24, 2.45) is 11.8 Å². The Morgan fingerprint density at radius 3 is 2.36 bits per heavy atom. The van der Waals surface area contributed by atoms with Gasteiger partial charge in [0.2, 0.25) is 17.7 Å². The van der Waals surface area contributed by atoms with Gasteiger partial charge in [0, 0.05) is 11.6 Å². The van der Waals surface area contributed by atoms with E-state index >= 15 is 0 Å². The fraction of sp³-hybridized carbons (Fsp3) is 0.500. The number of carbonyl (C=O) groups excluding carboxylic acids is 3. The Labute approximate surface area is 144 Å². The Morgan fingerprint density at radius 2 is 1.80 bits per heavy atom.